The Morgan fingerprint density at radius 2 is 1.82 bits per heavy atom. The summed E-state index contributed by atoms with van der Waals surface area (Å²) >= 11 is 5.02. The van der Waals surface area contributed by atoms with Gasteiger partial charge in [0.1, 0.15) is 0 Å². The number of rotatable bonds is 4. The molecular formula is C23H19BrN2OS. The lowest BCUT2D eigenvalue weighted by atomic mass is 10.1. The lowest BCUT2D eigenvalue weighted by Crippen LogP contribution is -2.30. The largest absolute Gasteiger partial charge is 0.279 e. The van der Waals surface area contributed by atoms with Crippen LogP contribution in [0.5, 0.6) is 0 Å². The zero-order valence-electron chi connectivity index (χ0n) is 15.6. The molecule has 28 heavy (non-hydrogen) atoms. The average molecular weight is 451 g/mol. The minimum atomic E-state index is -0.0569. The molecule has 0 saturated carbocycles. The van der Waals surface area contributed by atoms with Crippen LogP contribution in [0.4, 0.5) is 5.13 Å². The van der Waals surface area contributed by atoms with Crippen molar-refractivity contribution in [1.82, 2.24) is 4.98 Å². The Labute approximate surface area is 176 Å². The first kappa shape index (κ1) is 18.8. The van der Waals surface area contributed by atoms with Crippen LogP contribution in [-0.4, -0.2) is 10.9 Å². The minimum Gasteiger partial charge on any atom is -0.279 e. The van der Waals surface area contributed by atoms with E-state index in [1.54, 1.807) is 16.2 Å². The molecule has 0 radical (unpaired) electrons. The van der Waals surface area contributed by atoms with Crippen molar-refractivity contribution in [3.05, 3.63) is 93.5 Å². The van der Waals surface area contributed by atoms with Gasteiger partial charge in [-0.2, -0.15) is 0 Å². The fourth-order valence-corrected chi connectivity index (χ4v) is 4.52. The summed E-state index contributed by atoms with van der Waals surface area (Å²) in [5.74, 6) is -0.0569. The highest BCUT2D eigenvalue weighted by molar-refractivity contribution is 9.10. The SMILES string of the molecule is Cc1ccc2sc(N(Cc3ccccc3)C(=O)c3cccc(Br)c3)nc2c1C. The molecule has 3 nitrogen and oxygen atoms in total. The van der Waals surface area contributed by atoms with Gasteiger partial charge < -0.3 is 0 Å². The van der Waals surface area contributed by atoms with Crippen molar-refractivity contribution >= 4 is 48.5 Å². The van der Waals surface area contributed by atoms with E-state index in [2.05, 4.69) is 41.9 Å². The molecule has 0 aliphatic heterocycles. The van der Waals surface area contributed by atoms with E-state index in [1.807, 2.05) is 54.6 Å². The normalized spacial score (nSPS) is 11.0. The number of anilines is 1. The highest BCUT2D eigenvalue weighted by atomic mass is 79.9. The van der Waals surface area contributed by atoms with E-state index < -0.39 is 0 Å². The van der Waals surface area contributed by atoms with Crippen LogP contribution in [-0.2, 0) is 6.54 Å². The molecule has 4 aromatic rings. The molecule has 5 heteroatoms. The molecule has 0 bridgehead atoms. The van der Waals surface area contributed by atoms with E-state index in [0.717, 1.165) is 30.9 Å². The lowest BCUT2D eigenvalue weighted by molar-refractivity contribution is 0.0985. The van der Waals surface area contributed by atoms with Crippen molar-refractivity contribution in [2.24, 2.45) is 0 Å². The van der Waals surface area contributed by atoms with Gasteiger partial charge in [-0.15, -0.1) is 0 Å². The van der Waals surface area contributed by atoms with Gasteiger partial charge in [0.2, 0.25) is 0 Å². The van der Waals surface area contributed by atoms with Gasteiger partial charge in [0.25, 0.3) is 5.91 Å². The summed E-state index contributed by atoms with van der Waals surface area (Å²) in [6, 6.07) is 21.7. The number of amides is 1. The standard InChI is InChI=1S/C23H19BrN2OS/c1-15-11-12-20-21(16(15)2)25-23(28-20)26(14-17-7-4-3-5-8-17)22(27)18-9-6-10-19(24)13-18/h3-13H,14H2,1-2H3. The van der Waals surface area contributed by atoms with Gasteiger partial charge in [-0.05, 0) is 54.8 Å². The number of fused-ring (bicyclic) bond motifs is 1. The maximum absolute atomic E-state index is 13.4. The molecule has 0 saturated heterocycles. The number of hydrogen-bond acceptors (Lipinski definition) is 3. The highest BCUT2D eigenvalue weighted by Crippen LogP contribution is 2.33. The third-order valence-corrected chi connectivity index (χ3v) is 6.34. The first-order valence-electron chi connectivity index (χ1n) is 9.01. The van der Waals surface area contributed by atoms with Crippen LogP contribution in [0.3, 0.4) is 0 Å². The summed E-state index contributed by atoms with van der Waals surface area (Å²) in [6.45, 7) is 4.64. The number of benzene rings is 3. The van der Waals surface area contributed by atoms with E-state index in [9.17, 15) is 4.79 Å². The molecule has 1 heterocycles. The van der Waals surface area contributed by atoms with Crippen molar-refractivity contribution < 1.29 is 4.79 Å². The van der Waals surface area contributed by atoms with E-state index in [-0.39, 0.29) is 5.91 Å². The van der Waals surface area contributed by atoms with Crippen LogP contribution < -0.4 is 4.90 Å². The quantitative estimate of drug-likeness (QED) is 0.354. The summed E-state index contributed by atoms with van der Waals surface area (Å²) < 4.78 is 1.98. The van der Waals surface area contributed by atoms with Crippen molar-refractivity contribution in [2.45, 2.75) is 20.4 Å². The van der Waals surface area contributed by atoms with E-state index in [1.165, 1.54) is 5.56 Å². The number of halogens is 1. The maximum atomic E-state index is 13.4. The molecule has 0 N–H and O–H groups in total. The van der Waals surface area contributed by atoms with Gasteiger partial charge in [-0.1, -0.05) is 69.7 Å². The van der Waals surface area contributed by atoms with Gasteiger partial charge in [-0.3, -0.25) is 9.69 Å². The summed E-state index contributed by atoms with van der Waals surface area (Å²) in [5.41, 5.74) is 5.04. The lowest BCUT2D eigenvalue weighted by Gasteiger charge is -2.20. The number of aryl methyl sites for hydroxylation is 2. The van der Waals surface area contributed by atoms with E-state index >= 15 is 0 Å². The molecule has 140 valence electrons. The van der Waals surface area contributed by atoms with Crippen molar-refractivity contribution in [3.63, 3.8) is 0 Å². The van der Waals surface area contributed by atoms with Gasteiger partial charge in [0.15, 0.2) is 5.13 Å². The first-order valence-corrected chi connectivity index (χ1v) is 10.6. The summed E-state index contributed by atoms with van der Waals surface area (Å²) in [5, 5.41) is 0.720. The Kier molecular flexibility index (Phi) is 5.29. The van der Waals surface area contributed by atoms with Crippen LogP contribution in [0.2, 0.25) is 0 Å². The van der Waals surface area contributed by atoms with Gasteiger partial charge in [0, 0.05) is 10.0 Å². The molecule has 0 aliphatic rings. The fraction of sp³-hybridized carbons (Fsp3) is 0.130. The van der Waals surface area contributed by atoms with E-state index in [0.29, 0.717) is 12.1 Å². The Hall–Kier alpha value is -2.50. The van der Waals surface area contributed by atoms with Crippen LogP contribution in [0, 0.1) is 13.8 Å². The van der Waals surface area contributed by atoms with Gasteiger partial charge >= 0.3 is 0 Å². The molecule has 3 aromatic carbocycles. The molecule has 0 atom stereocenters. The number of nitrogens with zero attached hydrogens (tertiary/aromatic N) is 2. The second-order valence-corrected chi connectivity index (χ2v) is 8.66. The third kappa shape index (κ3) is 3.73. The molecule has 0 aliphatic carbocycles. The Bertz CT molecular complexity index is 1150. The molecule has 1 amide bonds. The number of carbonyl (C=O) groups excluding carboxylic acids is 1. The first-order chi connectivity index (χ1) is 13.5. The molecule has 4 rings (SSSR count). The summed E-state index contributed by atoms with van der Waals surface area (Å²) in [4.78, 5) is 20.0. The van der Waals surface area contributed by atoms with Crippen LogP contribution in [0.15, 0.2) is 71.2 Å². The number of hydrogen-bond donors (Lipinski definition) is 0. The maximum Gasteiger partial charge on any atom is 0.260 e. The highest BCUT2D eigenvalue weighted by Gasteiger charge is 2.22. The second kappa shape index (κ2) is 7.86. The predicted octanol–water partition coefficient (Wildman–Crippen LogP) is 6.52. The zero-order chi connectivity index (χ0) is 19.7. The predicted molar refractivity (Wildman–Crippen MR) is 120 cm³/mol. The Morgan fingerprint density at radius 3 is 2.57 bits per heavy atom. The molecule has 0 fully saturated rings. The summed E-state index contributed by atoms with van der Waals surface area (Å²) in [6.07, 6.45) is 0. The van der Waals surface area contributed by atoms with Crippen LogP contribution in [0.1, 0.15) is 27.0 Å². The number of aromatic nitrogens is 1. The minimum absolute atomic E-state index is 0.0569. The van der Waals surface area contributed by atoms with Crippen molar-refractivity contribution in [3.8, 4) is 0 Å². The zero-order valence-corrected chi connectivity index (χ0v) is 18.0. The number of carbonyl (C=O) groups is 1. The molecule has 1 aromatic heterocycles. The van der Waals surface area contributed by atoms with Gasteiger partial charge in [-0.25, -0.2) is 4.98 Å². The van der Waals surface area contributed by atoms with Crippen molar-refractivity contribution in [1.29, 1.82) is 0 Å². The topological polar surface area (TPSA) is 33.2 Å². The Morgan fingerprint density at radius 1 is 1.04 bits per heavy atom. The fourth-order valence-electron chi connectivity index (χ4n) is 3.10. The van der Waals surface area contributed by atoms with E-state index in [4.69, 9.17) is 4.98 Å². The molecule has 0 unspecified atom stereocenters. The van der Waals surface area contributed by atoms with Crippen molar-refractivity contribution in [2.75, 3.05) is 4.90 Å². The smallest absolute Gasteiger partial charge is 0.260 e. The van der Waals surface area contributed by atoms with Crippen LogP contribution in [0.25, 0.3) is 10.2 Å². The summed E-state index contributed by atoms with van der Waals surface area (Å²) in [7, 11) is 0. The Balaban J connectivity index is 1.80. The monoisotopic (exact) mass is 450 g/mol. The molecule has 0 spiro atoms. The third-order valence-electron chi connectivity index (χ3n) is 4.80. The molecular weight excluding hydrogens is 432 g/mol. The second-order valence-electron chi connectivity index (χ2n) is 6.74. The average Bonchev–Trinajstić information content (AvgIpc) is 3.14. The van der Waals surface area contributed by atoms with Gasteiger partial charge in [0.05, 0.1) is 16.8 Å². The number of thiazole rings is 1. The van der Waals surface area contributed by atoms with Crippen LogP contribution >= 0.6 is 27.3 Å².